The molecule has 10 nitrogen and oxygen atoms in total. The third kappa shape index (κ3) is 5.30. The number of hydrogen-bond acceptors (Lipinski definition) is 8. The summed E-state index contributed by atoms with van der Waals surface area (Å²) in [5.41, 5.74) is 1.44. The molecule has 1 aromatic carbocycles. The van der Waals surface area contributed by atoms with E-state index in [1.807, 2.05) is 6.92 Å². The van der Waals surface area contributed by atoms with E-state index in [1.54, 1.807) is 63.2 Å². The summed E-state index contributed by atoms with van der Waals surface area (Å²) in [6.45, 7) is 7.36. The Bertz CT molecular complexity index is 1190. The third-order valence-corrected chi connectivity index (χ3v) is 7.60. The molecule has 0 bridgehead atoms. The maximum Gasteiger partial charge on any atom is 0.243 e. The van der Waals surface area contributed by atoms with Gasteiger partial charge in [0.2, 0.25) is 16.0 Å². The van der Waals surface area contributed by atoms with Gasteiger partial charge in [0.15, 0.2) is 0 Å². The van der Waals surface area contributed by atoms with E-state index in [4.69, 9.17) is 9.47 Å². The highest BCUT2D eigenvalue weighted by Crippen LogP contribution is 2.36. The summed E-state index contributed by atoms with van der Waals surface area (Å²) in [6, 6.07) is 5.35. The van der Waals surface area contributed by atoms with Gasteiger partial charge in [-0.05, 0) is 38.0 Å². The first-order chi connectivity index (χ1) is 16.2. The standard InChI is InChI=1S/C23H32N6O4S/c1-7-8-12-20-26-27-23(29(20)21-18(32-5)10-9-11-19(21)33-6)28-34(30,31)17(4)16(3)22-24-13-15(2)14-25-22/h9-11,13-14,16-17H,7-8,12H2,1-6H3,(H,27,28)/t16-,17-/m0/s1. The molecule has 34 heavy (non-hydrogen) atoms. The zero-order valence-electron chi connectivity index (χ0n) is 20.4. The molecule has 2 aromatic heterocycles. The van der Waals surface area contributed by atoms with Gasteiger partial charge in [-0.3, -0.25) is 9.29 Å². The number of aromatic nitrogens is 5. The number of unbranched alkanes of at least 4 members (excludes halogenated alkanes) is 1. The van der Waals surface area contributed by atoms with E-state index in [0.717, 1.165) is 18.4 Å². The monoisotopic (exact) mass is 488 g/mol. The number of aryl methyl sites for hydroxylation is 2. The molecule has 0 aliphatic heterocycles. The van der Waals surface area contributed by atoms with Crippen LogP contribution in [0.2, 0.25) is 0 Å². The second-order valence-corrected chi connectivity index (χ2v) is 10.2. The van der Waals surface area contributed by atoms with E-state index in [9.17, 15) is 8.42 Å². The molecule has 0 saturated carbocycles. The first-order valence-corrected chi connectivity index (χ1v) is 12.7. The second kappa shape index (κ2) is 10.8. The number of anilines is 1. The fourth-order valence-corrected chi connectivity index (χ4v) is 4.73. The molecule has 0 radical (unpaired) electrons. The second-order valence-electron chi connectivity index (χ2n) is 8.15. The Morgan fingerprint density at radius 1 is 1.06 bits per heavy atom. The van der Waals surface area contributed by atoms with Gasteiger partial charge in [0.05, 0.1) is 19.5 Å². The minimum atomic E-state index is -3.88. The van der Waals surface area contributed by atoms with Crippen molar-refractivity contribution in [2.75, 3.05) is 18.9 Å². The lowest BCUT2D eigenvalue weighted by atomic mass is 10.1. The van der Waals surface area contributed by atoms with Crippen LogP contribution in [0.25, 0.3) is 5.69 Å². The van der Waals surface area contributed by atoms with Crippen LogP contribution in [-0.2, 0) is 16.4 Å². The minimum Gasteiger partial charge on any atom is -0.494 e. The van der Waals surface area contributed by atoms with E-state index < -0.39 is 21.2 Å². The molecule has 2 atom stereocenters. The number of hydrogen-bond donors (Lipinski definition) is 1. The largest absolute Gasteiger partial charge is 0.494 e. The van der Waals surface area contributed by atoms with Gasteiger partial charge >= 0.3 is 0 Å². The maximum absolute atomic E-state index is 13.4. The first kappa shape index (κ1) is 25.4. The quantitative estimate of drug-likeness (QED) is 0.434. The summed E-state index contributed by atoms with van der Waals surface area (Å²) in [7, 11) is -0.792. The number of benzene rings is 1. The Kier molecular flexibility index (Phi) is 8.08. The van der Waals surface area contributed by atoms with Crippen LogP contribution in [0, 0.1) is 6.92 Å². The molecule has 11 heteroatoms. The summed E-state index contributed by atoms with van der Waals surface area (Å²) in [4.78, 5) is 8.60. The fraction of sp³-hybridized carbons (Fsp3) is 0.478. The van der Waals surface area contributed by atoms with Crippen molar-refractivity contribution >= 4 is 16.0 Å². The van der Waals surface area contributed by atoms with Crippen LogP contribution in [0.1, 0.15) is 56.7 Å². The summed E-state index contributed by atoms with van der Waals surface area (Å²) in [5, 5.41) is 7.64. The van der Waals surface area contributed by atoms with Crippen molar-refractivity contribution in [2.24, 2.45) is 0 Å². The highest BCUT2D eigenvalue weighted by atomic mass is 32.2. The molecular formula is C23H32N6O4S. The van der Waals surface area contributed by atoms with Crippen molar-refractivity contribution in [1.82, 2.24) is 24.7 Å². The normalized spacial score (nSPS) is 13.4. The molecule has 0 spiro atoms. The molecule has 184 valence electrons. The average Bonchev–Trinajstić information content (AvgIpc) is 3.22. The number of methoxy groups -OCH3 is 2. The van der Waals surface area contributed by atoms with Gasteiger partial charge in [-0.1, -0.05) is 26.3 Å². The smallest absolute Gasteiger partial charge is 0.243 e. The number of nitrogens with one attached hydrogen (secondary N) is 1. The SMILES string of the molecule is CCCCc1nnc(NS(=O)(=O)[C@@H](C)[C@H](C)c2ncc(C)cn2)n1-c1c(OC)cccc1OC. The van der Waals surface area contributed by atoms with Crippen molar-refractivity contribution in [1.29, 1.82) is 0 Å². The Hall–Kier alpha value is -3.21. The van der Waals surface area contributed by atoms with Gasteiger partial charge in [-0.15, -0.1) is 10.2 Å². The molecule has 0 aliphatic rings. The van der Waals surface area contributed by atoms with Crippen molar-refractivity contribution in [3.05, 3.63) is 47.8 Å². The summed E-state index contributed by atoms with van der Waals surface area (Å²) in [6.07, 6.45) is 5.77. The van der Waals surface area contributed by atoms with Crippen LogP contribution in [0.5, 0.6) is 11.5 Å². The lowest BCUT2D eigenvalue weighted by Crippen LogP contribution is -2.31. The van der Waals surface area contributed by atoms with Crippen molar-refractivity contribution in [2.45, 2.75) is 58.1 Å². The van der Waals surface area contributed by atoms with Gasteiger partial charge in [-0.25, -0.2) is 18.4 Å². The highest BCUT2D eigenvalue weighted by Gasteiger charge is 2.32. The van der Waals surface area contributed by atoms with E-state index in [1.165, 1.54) is 0 Å². The Morgan fingerprint density at radius 2 is 1.68 bits per heavy atom. The molecular weight excluding hydrogens is 456 g/mol. The van der Waals surface area contributed by atoms with E-state index >= 15 is 0 Å². The molecule has 0 amide bonds. The first-order valence-electron chi connectivity index (χ1n) is 11.2. The van der Waals surface area contributed by atoms with Crippen LogP contribution in [0.3, 0.4) is 0 Å². The molecule has 2 heterocycles. The molecule has 0 unspecified atom stereocenters. The highest BCUT2D eigenvalue weighted by molar-refractivity contribution is 7.93. The third-order valence-electron chi connectivity index (χ3n) is 5.74. The van der Waals surface area contributed by atoms with Gasteiger partial charge < -0.3 is 9.47 Å². The van der Waals surface area contributed by atoms with Crippen molar-refractivity contribution in [3.8, 4) is 17.2 Å². The Labute approximate surface area is 200 Å². The van der Waals surface area contributed by atoms with Gasteiger partial charge in [0.25, 0.3) is 0 Å². The fourth-order valence-electron chi connectivity index (χ4n) is 3.50. The molecule has 3 rings (SSSR count). The maximum atomic E-state index is 13.4. The van der Waals surface area contributed by atoms with E-state index in [-0.39, 0.29) is 5.95 Å². The van der Waals surface area contributed by atoms with Crippen LogP contribution in [-0.4, -0.2) is 52.6 Å². The zero-order chi connectivity index (χ0) is 24.9. The summed E-state index contributed by atoms with van der Waals surface area (Å²) < 4.78 is 42.2. The number of para-hydroxylation sites is 1. The molecule has 0 fully saturated rings. The van der Waals surface area contributed by atoms with E-state index in [2.05, 4.69) is 31.8 Å². The van der Waals surface area contributed by atoms with Crippen LogP contribution >= 0.6 is 0 Å². The molecule has 0 saturated heterocycles. The lowest BCUT2D eigenvalue weighted by molar-refractivity contribution is 0.390. The van der Waals surface area contributed by atoms with Crippen molar-refractivity contribution in [3.63, 3.8) is 0 Å². The number of sulfonamides is 1. The Morgan fingerprint density at radius 3 is 2.24 bits per heavy atom. The van der Waals surface area contributed by atoms with Gasteiger partial charge in [-0.2, -0.15) is 0 Å². The van der Waals surface area contributed by atoms with Gasteiger partial charge in [0, 0.05) is 24.7 Å². The van der Waals surface area contributed by atoms with Gasteiger partial charge in [0.1, 0.15) is 28.8 Å². The van der Waals surface area contributed by atoms with Crippen LogP contribution in [0.4, 0.5) is 5.95 Å². The molecule has 1 N–H and O–H groups in total. The average molecular weight is 489 g/mol. The van der Waals surface area contributed by atoms with Crippen LogP contribution in [0.15, 0.2) is 30.6 Å². The number of ether oxygens (including phenoxy) is 2. The summed E-state index contributed by atoms with van der Waals surface area (Å²) >= 11 is 0. The van der Waals surface area contributed by atoms with Crippen LogP contribution < -0.4 is 14.2 Å². The molecule has 0 aliphatic carbocycles. The van der Waals surface area contributed by atoms with Crippen molar-refractivity contribution < 1.29 is 17.9 Å². The van der Waals surface area contributed by atoms with E-state index in [0.29, 0.717) is 35.3 Å². The summed E-state index contributed by atoms with van der Waals surface area (Å²) in [5.74, 6) is 1.69. The Balaban J connectivity index is 2.04. The number of nitrogens with zero attached hydrogens (tertiary/aromatic N) is 5. The number of rotatable bonds is 11. The minimum absolute atomic E-state index is 0.0674. The lowest BCUT2D eigenvalue weighted by Gasteiger charge is -2.21. The topological polar surface area (TPSA) is 121 Å². The zero-order valence-corrected chi connectivity index (χ0v) is 21.3. The predicted molar refractivity (Wildman–Crippen MR) is 130 cm³/mol. The predicted octanol–water partition coefficient (Wildman–Crippen LogP) is 3.66. The molecule has 3 aromatic rings.